The average Bonchev–Trinajstić information content (AvgIpc) is 2.87. The number of rotatable bonds is 4. The molecule has 2 rings (SSSR count). The fourth-order valence-corrected chi connectivity index (χ4v) is 2.26. The second-order valence-electron chi connectivity index (χ2n) is 4.13. The molecular weight excluding hydrogens is 301 g/mol. The maximum absolute atomic E-state index is 10.8. The zero-order valence-corrected chi connectivity index (χ0v) is 11.6. The van der Waals surface area contributed by atoms with Crippen molar-refractivity contribution in [2.75, 3.05) is 0 Å². The number of hydrogen-bond donors (Lipinski definition) is 1. The molecule has 0 aliphatic rings. The number of carboxylic acids is 1. The summed E-state index contributed by atoms with van der Waals surface area (Å²) < 4.78 is 5.14. The molecule has 0 amide bonds. The van der Waals surface area contributed by atoms with Crippen molar-refractivity contribution < 1.29 is 14.3 Å². The minimum absolute atomic E-state index is 0.192. The van der Waals surface area contributed by atoms with Gasteiger partial charge in [-0.1, -0.05) is 29.3 Å². The van der Waals surface area contributed by atoms with E-state index in [9.17, 15) is 10.1 Å². The van der Waals surface area contributed by atoms with Gasteiger partial charge in [0.05, 0.1) is 6.07 Å². The Morgan fingerprint density at radius 3 is 2.65 bits per heavy atom. The maximum atomic E-state index is 10.8. The largest absolute Gasteiger partial charge is 0.475 e. The Kier molecular flexibility index (Phi) is 4.33. The molecule has 4 nitrogen and oxygen atoms in total. The molecule has 0 fully saturated rings. The summed E-state index contributed by atoms with van der Waals surface area (Å²) in [6, 6.07) is 9.90. The monoisotopic (exact) mass is 309 g/mol. The van der Waals surface area contributed by atoms with Gasteiger partial charge in [0, 0.05) is 10.0 Å². The third-order valence-electron chi connectivity index (χ3n) is 2.78. The van der Waals surface area contributed by atoms with Crippen molar-refractivity contribution in [2.24, 2.45) is 0 Å². The molecule has 1 heterocycles. The summed E-state index contributed by atoms with van der Waals surface area (Å²) in [5.74, 6) is -1.67. The zero-order chi connectivity index (χ0) is 14.7. The predicted molar refractivity (Wildman–Crippen MR) is 74.2 cm³/mol. The molecule has 2 aromatic rings. The van der Waals surface area contributed by atoms with Gasteiger partial charge in [0.1, 0.15) is 11.7 Å². The van der Waals surface area contributed by atoms with Crippen LogP contribution < -0.4 is 0 Å². The molecule has 0 bridgehead atoms. The van der Waals surface area contributed by atoms with E-state index in [0.717, 1.165) is 5.56 Å². The number of aromatic carboxylic acids is 1. The minimum Gasteiger partial charge on any atom is -0.475 e. The minimum atomic E-state index is -1.17. The van der Waals surface area contributed by atoms with Crippen LogP contribution in [0.15, 0.2) is 34.7 Å². The van der Waals surface area contributed by atoms with Crippen LogP contribution in [0.3, 0.4) is 0 Å². The highest BCUT2D eigenvalue weighted by Crippen LogP contribution is 2.28. The van der Waals surface area contributed by atoms with Crippen molar-refractivity contribution in [3.63, 3.8) is 0 Å². The summed E-state index contributed by atoms with van der Waals surface area (Å²) in [6.45, 7) is 0. The first kappa shape index (κ1) is 14.4. The van der Waals surface area contributed by atoms with E-state index >= 15 is 0 Å². The SMILES string of the molecule is N#CC(Cc1ccc(Cl)cc1Cl)c1ccc(C(=O)O)o1. The lowest BCUT2D eigenvalue weighted by atomic mass is 9.98. The summed E-state index contributed by atoms with van der Waals surface area (Å²) >= 11 is 11.9. The molecule has 0 aliphatic carbocycles. The number of benzene rings is 1. The lowest BCUT2D eigenvalue weighted by molar-refractivity contribution is 0.0660. The van der Waals surface area contributed by atoms with Crippen molar-refractivity contribution >= 4 is 29.2 Å². The van der Waals surface area contributed by atoms with Gasteiger partial charge in [-0.05, 0) is 36.2 Å². The van der Waals surface area contributed by atoms with Gasteiger partial charge >= 0.3 is 5.97 Å². The van der Waals surface area contributed by atoms with Gasteiger partial charge in [0.15, 0.2) is 0 Å². The highest BCUT2D eigenvalue weighted by Gasteiger charge is 2.19. The van der Waals surface area contributed by atoms with E-state index in [1.165, 1.54) is 12.1 Å². The third kappa shape index (κ3) is 3.13. The molecule has 20 heavy (non-hydrogen) atoms. The van der Waals surface area contributed by atoms with E-state index < -0.39 is 11.9 Å². The van der Waals surface area contributed by atoms with Gasteiger partial charge in [-0.3, -0.25) is 0 Å². The lowest BCUT2D eigenvalue weighted by Crippen LogP contribution is -2.00. The summed E-state index contributed by atoms with van der Waals surface area (Å²) in [6.07, 6.45) is 0.319. The van der Waals surface area contributed by atoms with Gasteiger partial charge in [-0.25, -0.2) is 4.79 Å². The third-order valence-corrected chi connectivity index (χ3v) is 3.36. The fraction of sp³-hybridized carbons (Fsp3) is 0.143. The Hall–Kier alpha value is -1.96. The molecule has 1 aromatic heterocycles. The van der Waals surface area contributed by atoms with Crippen LogP contribution in [-0.2, 0) is 6.42 Å². The molecule has 1 N–H and O–H groups in total. The number of carboxylic acid groups (broad SMARTS) is 1. The van der Waals surface area contributed by atoms with E-state index in [0.29, 0.717) is 22.2 Å². The van der Waals surface area contributed by atoms with Crippen LogP contribution in [-0.4, -0.2) is 11.1 Å². The smallest absolute Gasteiger partial charge is 0.371 e. The van der Waals surface area contributed by atoms with Crippen LogP contribution in [0.25, 0.3) is 0 Å². The van der Waals surface area contributed by atoms with Crippen LogP contribution in [0.4, 0.5) is 0 Å². The van der Waals surface area contributed by atoms with Crippen LogP contribution in [0.2, 0.25) is 10.0 Å². The molecule has 102 valence electrons. The zero-order valence-electron chi connectivity index (χ0n) is 10.1. The van der Waals surface area contributed by atoms with Gasteiger partial charge in [0.25, 0.3) is 0 Å². The number of nitrogens with zero attached hydrogens (tertiary/aromatic N) is 1. The predicted octanol–water partition coefficient (Wildman–Crippen LogP) is 4.13. The molecule has 0 saturated carbocycles. The summed E-state index contributed by atoms with van der Waals surface area (Å²) in [7, 11) is 0. The van der Waals surface area contributed by atoms with Crippen molar-refractivity contribution in [1.29, 1.82) is 5.26 Å². The highest BCUT2D eigenvalue weighted by molar-refractivity contribution is 6.35. The lowest BCUT2D eigenvalue weighted by Gasteiger charge is -2.08. The van der Waals surface area contributed by atoms with E-state index in [1.54, 1.807) is 18.2 Å². The van der Waals surface area contributed by atoms with Crippen LogP contribution in [0.1, 0.15) is 27.8 Å². The normalized spacial score (nSPS) is 11.8. The fourth-order valence-electron chi connectivity index (χ4n) is 1.77. The van der Waals surface area contributed by atoms with Crippen molar-refractivity contribution in [3.8, 4) is 6.07 Å². The molecule has 0 spiro atoms. The van der Waals surface area contributed by atoms with E-state index in [4.69, 9.17) is 32.7 Å². The highest BCUT2D eigenvalue weighted by atomic mass is 35.5. The summed E-state index contributed by atoms with van der Waals surface area (Å²) in [5, 5.41) is 19.0. The molecule has 0 radical (unpaired) electrons. The summed E-state index contributed by atoms with van der Waals surface area (Å²) in [5.41, 5.74) is 0.746. The number of carbonyl (C=O) groups is 1. The number of halogens is 2. The van der Waals surface area contributed by atoms with Crippen LogP contribution in [0, 0.1) is 11.3 Å². The van der Waals surface area contributed by atoms with Gasteiger partial charge < -0.3 is 9.52 Å². The first-order valence-corrected chi connectivity index (χ1v) is 6.43. The Balaban J connectivity index is 2.24. The first-order valence-electron chi connectivity index (χ1n) is 5.68. The molecule has 1 unspecified atom stereocenters. The maximum Gasteiger partial charge on any atom is 0.371 e. The van der Waals surface area contributed by atoms with Crippen molar-refractivity contribution in [2.45, 2.75) is 12.3 Å². The number of nitriles is 1. The van der Waals surface area contributed by atoms with Gasteiger partial charge in [-0.2, -0.15) is 5.26 Å². The topological polar surface area (TPSA) is 74.2 Å². The quantitative estimate of drug-likeness (QED) is 0.921. The molecule has 1 aromatic carbocycles. The standard InChI is InChI=1S/C14H9Cl2NO3/c15-10-2-1-8(11(16)6-10)5-9(7-17)12-3-4-13(20-12)14(18)19/h1-4,6,9H,5H2,(H,18,19). The molecule has 6 heteroatoms. The van der Waals surface area contributed by atoms with E-state index in [1.807, 2.05) is 0 Å². The van der Waals surface area contributed by atoms with Crippen molar-refractivity contribution in [3.05, 3.63) is 57.5 Å². The Labute approximate surface area is 125 Å². The molecule has 0 aliphatic heterocycles. The number of furan rings is 1. The van der Waals surface area contributed by atoms with E-state index in [-0.39, 0.29) is 5.76 Å². The first-order chi connectivity index (χ1) is 9.51. The second-order valence-corrected chi connectivity index (χ2v) is 4.97. The Morgan fingerprint density at radius 1 is 1.35 bits per heavy atom. The molecule has 1 atom stereocenters. The average molecular weight is 310 g/mol. The summed E-state index contributed by atoms with van der Waals surface area (Å²) in [4.78, 5) is 10.8. The van der Waals surface area contributed by atoms with Crippen molar-refractivity contribution in [1.82, 2.24) is 0 Å². The second kappa shape index (κ2) is 6.00. The van der Waals surface area contributed by atoms with Crippen LogP contribution in [0.5, 0.6) is 0 Å². The van der Waals surface area contributed by atoms with Gasteiger partial charge in [-0.15, -0.1) is 0 Å². The Bertz CT molecular complexity index is 688. The number of hydrogen-bond acceptors (Lipinski definition) is 3. The molecular formula is C14H9Cl2NO3. The molecule has 0 saturated heterocycles. The Morgan fingerprint density at radius 2 is 2.10 bits per heavy atom. The van der Waals surface area contributed by atoms with Gasteiger partial charge in [0.2, 0.25) is 5.76 Å². The van der Waals surface area contributed by atoms with Crippen LogP contribution >= 0.6 is 23.2 Å². The van der Waals surface area contributed by atoms with E-state index in [2.05, 4.69) is 6.07 Å².